The molecule has 25 heavy (non-hydrogen) atoms. The molecule has 1 heterocycles. The number of aromatic hydroxyl groups is 1. The zero-order valence-corrected chi connectivity index (χ0v) is 14.4. The van der Waals surface area contributed by atoms with Gasteiger partial charge in [-0.25, -0.2) is 4.79 Å². The Morgan fingerprint density at radius 3 is 2.84 bits per heavy atom. The molecule has 1 aromatic rings. The van der Waals surface area contributed by atoms with Gasteiger partial charge < -0.3 is 9.84 Å². The maximum absolute atomic E-state index is 12.9. The van der Waals surface area contributed by atoms with E-state index in [4.69, 9.17) is 4.74 Å². The van der Waals surface area contributed by atoms with E-state index in [9.17, 15) is 14.7 Å². The number of cyclic esters (lactones) is 1. The van der Waals surface area contributed by atoms with Gasteiger partial charge >= 0.3 is 5.97 Å². The van der Waals surface area contributed by atoms with Crippen LogP contribution < -0.4 is 0 Å². The fourth-order valence-corrected chi connectivity index (χ4v) is 5.11. The third kappa shape index (κ3) is 2.06. The molecule has 130 valence electrons. The fraction of sp³-hybridized carbons (Fsp3) is 0.524. The third-order valence-electron chi connectivity index (χ3n) is 6.83. The molecular weight excluding hydrogens is 316 g/mol. The molecule has 0 aromatic heterocycles. The second-order valence-electron chi connectivity index (χ2n) is 8.32. The van der Waals surface area contributed by atoms with Crippen molar-refractivity contribution in [2.75, 3.05) is 6.61 Å². The van der Waals surface area contributed by atoms with Crippen LogP contribution in [0.1, 0.15) is 60.5 Å². The van der Waals surface area contributed by atoms with Crippen molar-refractivity contribution in [1.82, 2.24) is 0 Å². The van der Waals surface area contributed by atoms with E-state index >= 15 is 0 Å². The molecule has 0 bridgehead atoms. The zero-order valence-electron chi connectivity index (χ0n) is 14.4. The number of carbonyl (C=O) groups is 2. The summed E-state index contributed by atoms with van der Waals surface area (Å²) in [6.07, 6.45) is 5.17. The number of carbonyl (C=O) groups excluding carboxylic acids is 2. The molecule has 0 saturated heterocycles. The minimum Gasteiger partial charge on any atom is -0.507 e. The van der Waals surface area contributed by atoms with Gasteiger partial charge in [0.1, 0.15) is 12.4 Å². The van der Waals surface area contributed by atoms with Gasteiger partial charge in [-0.3, -0.25) is 4.79 Å². The number of rotatable bonds is 2. The predicted octanol–water partition coefficient (Wildman–Crippen LogP) is 3.45. The van der Waals surface area contributed by atoms with Gasteiger partial charge in [-0.15, -0.1) is 0 Å². The normalized spacial score (nSPS) is 30.7. The summed E-state index contributed by atoms with van der Waals surface area (Å²) in [5.41, 5.74) is 3.98. The quantitative estimate of drug-likeness (QED) is 0.839. The summed E-state index contributed by atoms with van der Waals surface area (Å²) in [5.74, 6) is 0.664. The van der Waals surface area contributed by atoms with E-state index in [0.29, 0.717) is 30.9 Å². The maximum Gasteiger partial charge on any atom is 0.334 e. The predicted molar refractivity (Wildman–Crippen MR) is 91.5 cm³/mol. The van der Waals surface area contributed by atoms with Crippen molar-refractivity contribution >= 4 is 11.8 Å². The van der Waals surface area contributed by atoms with Crippen LogP contribution in [0.25, 0.3) is 0 Å². The van der Waals surface area contributed by atoms with Gasteiger partial charge in [-0.05, 0) is 54.7 Å². The highest BCUT2D eigenvalue weighted by Gasteiger charge is 2.51. The molecule has 4 nitrogen and oxygen atoms in total. The van der Waals surface area contributed by atoms with Crippen LogP contribution in [0.4, 0.5) is 0 Å². The summed E-state index contributed by atoms with van der Waals surface area (Å²) >= 11 is 0. The Kier molecular flexibility index (Phi) is 3.01. The lowest BCUT2D eigenvalue weighted by Gasteiger charge is -2.46. The van der Waals surface area contributed by atoms with Crippen molar-refractivity contribution in [2.45, 2.75) is 50.9 Å². The number of hydrogen-bond acceptors (Lipinski definition) is 4. The van der Waals surface area contributed by atoms with Gasteiger partial charge in [-0.2, -0.15) is 0 Å². The van der Waals surface area contributed by atoms with E-state index in [0.717, 1.165) is 35.1 Å². The largest absolute Gasteiger partial charge is 0.507 e. The lowest BCUT2D eigenvalue weighted by atomic mass is 9.56. The summed E-state index contributed by atoms with van der Waals surface area (Å²) in [7, 11) is 0. The standard InChI is InChI=1S/C21H22O4/c1-21-7-6-13-14(10-25-20(13)24)16(21)9-17(22)18-15(21)5-4-12(19(18)23)8-11-2-3-11/h4-5,11,16,23H,2-3,6-10H2,1H3/t16?,21-/m1/s1. The minimum atomic E-state index is -0.217. The Balaban J connectivity index is 1.63. The molecule has 2 atom stereocenters. The monoisotopic (exact) mass is 338 g/mol. The first-order valence-corrected chi connectivity index (χ1v) is 9.26. The average molecular weight is 338 g/mol. The lowest BCUT2D eigenvalue weighted by molar-refractivity contribution is -0.136. The van der Waals surface area contributed by atoms with Crippen LogP contribution >= 0.6 is 0 Å². The number of phenols is 1. The highest BCUT2D eigenvalue weighted by molar-refractivity contribution is 6.03. The number of Topliss-reactive ketones (excluding diaryl/α,β-unsaturated/α-hetero) is 1. The number of ether oxygens (including phenoxy) is 1. The van der Waals surface area contributed by atoms with Gasteiger partial charge in [0.2, 0.25) is 0 Å². The number of fused-ring (bicyclic) bond motifs is 4. The fourth-order valence-electron chi connectivity index (χ4n) is 5.11. The van der Waals surface area contributed by atoms with Gasteiger partial charge in [-0.1, -0.05) is 19.1 Å². The smallest absolute Gasteiger partial charge is 0.334 e. The molecule has 1 saturated carbocycles. The van der Waals surface area contributed by atoms with E-state index in [1.165, 1.54) is 12.8 Å². The number of benzene rings is 1. The van der Waals surface area contributed by atoms with Crippen LogP contribution in [-0.2, 0) is 21.4 Å². The summed E-state index contributed by atoms with van der Waals surface area (Å²) in [4.78, 5) is 24.8. The van der Waals surface area contributed by atoms with Crippen molar-refractivity contribution in [3.8, 4) is 5.75 Å². The van der Waals surface area contributed by atoms with Gasteiger partial charge in [0.25, 0.3) is 0 Å². The molecule has 1 N–H and O–H groups in total. The average Bonchev–Trinajstić information content (AvgIpc) is 3.32. The molecule has 3 aliphatic carbocycles. The SMILES string of the molecule is C[C@]12CCC3=C(COC3=O)C1CC(=O)c1c2ccc(CC2CC2)c1O. The Morgan fingerprint density at radius 1 is 1.28 bits per heavy atom. The van der Waals surface area contributed by atoms with Crippen molar-refractivity contribution < 1.29 is 19.4 Å². The highest BCUT2D eigenvalue weighted by atomic mass is 16.5. The Hall–Kier alpha value is -2.10. The van der Waals surface area contributed by atoms with Crippen LogP contribution in [0, 0.1) is 11.8 Å². The van der Waals surface area contributed by atoms with Crippen LogP contribution in [0.3, 0.4) is 0 Å². The topological polar surface area (TPSA) is 63.6 Å². The molecule has 1 aromatic carbocycles. The first kappa shape index (κ1) is 15.2. The van der Waals surface area contributed by atoms with Crippen LogP contribution in [0.2, 0.25) is 0 Å². The molecule has 1 aliphatic heterocycles. The molecule has 4 aliphatic rings. The Bertz CT molecular complexity index is 846. The number of esters is 1. The second kappa shape index (κ2) is 4.96. The number of hydrogen-bond donors (Lipinski definition) is 1. The van der Waals surface area contributed by atoms with E-state index in [1.54, 1.807) is 0 Å². The molecule has 0 radical (unpaired) electrons. The summed E-state index contributed by atoms with van der Waals surface area (Å²) in [6.45, 7) is 2.50. The van der Waals surface area contributed by atoms with E-state index in [2.05, 4.69) is 13.0 Å². The van der Waals surface area contributed by atoms with Crippen LogP contribution in [-0.4, -0.2) is 23.5 Å². The molecule has 0 amide bonds. The van der Waals surface area contributed by atoms with Crippen LogP contribution in [0.15, 0.2) is 23.3 Å². The summed E-state index contributed by atoms with van der Waals surface area (Å²) in [6, 6.07) is 4.06. The van der Waals surface area contributed by atoms with Crippen molar-refractivity contribution in [3.05, 3.63) is 40.0 Å². The highest BCUT2D eigenvalue weighted by Crippen LogP contribution is 2.55. The van der Waals surface area contributed by atoms with E-state index < -0.39 is 0 Å². The maximum atomic E-state index is 12.9. The molecule has 1 unspecified atom stereocenters. The number of phenolic OH excluding ortho intramolecular Hbond substituents is 1. The lowest BCUT2D eigenvalue weighted by Crippen LogP contribution is -2.43. The van der Waals surface area contributed by atoms with Crippen molar-refractivity contribution in [2.24, 2.45) is 11.8 Å². The first-order chi connectivity index (χ1) is 12.0. The minimum absolute atomic E-state index is 0.000668. The van der Waals surface area contributed by atoms with Crippen molar-refractivity contribution in [1.29, 1.82) is 0 Å². The number of ketones is 1. The van der Waals surface area contributed by atoms with Gasteiger partial charge in [0.05, 0.1) is 5.56 Å². The second-order valence-corrected chi connectivity index (χ2v) is 8.32. The van der Waals surface area contributed by atoms with Crippen LogP contribution in [0.5, 0.6) is 5.75 Å². The molecule has 0 spiro atoms. The van der Waals surface area contributed by atoms with Gasteiger partial charge in [0.15, 0.2) is 5.78 Å². The zero-order chi connectivity index (χ0) is 17.3. The molecule has 1 fully saturated rings. The van der Waals surface area contributed by atoms with Gasteiger partial charge in [0, 0.05) is 23.3 Å². The Labute approximate surface area is 146 Å². The Morgan fingerprint density at radius 2 is 2.08 bits per heavy atom. The van der Waals surface area contributed by atoms with E-state index in [-0.39, 0.29) is 28.8 Å². The summed E-state index contributed by atoms with van der Waals surface area (Å²) in [5, 5.41) is 10.8. The molecule has 5 rings (SSSR count). The molecular formula is C21H22O4. The molecule has 4 heteroatoms. The van der Waals surface area contributed by atoms with Crippen molar-refractivity contribution in [3.63, 3.8) is 0 Å². The first-order valence-electron chi connectivity index (χ1n) is 9.26. The third-order valence-corrected chi connectivity index (χ3v) is 6.83. The van der Waals surface area contributed by atoms with E-state index in [1.807, 2.05) is 6.07 Å². The summed E-state index contributed by atoms with van der Waals surface area (Å²) < 4.78 is 5.24.